The summed E-state index contributed by atoms with van der Waals surface area (Å²) >= 11 is 0. The number of nitro benzene ring substituents is 1. The molecular weight excluding hydrogens is 303 g/mol. The Balaban J connectivity index is 1.99. The van der Waals surface area contributed by atoms with Gasteiger partial charge in [-0.3, -0.25) is 19.9 Å². The first kappa shape index (κ1) is 14.5. The molecule has 0 spiro atoms. The number of benzene rings is 1. The highest BCUT2D eigenvalue weighted by atomic mass is 19.1. The Morgan fingerprint density at radius 3 is 2.87 bits per heavy atom. The van der Waals surface area contributed by atoms with Crippen molar-refractivity contribution in [3.63, 3.8) is 0 Å². The number of pyridine rings is 1. The molecule has 1 aromatic carbocycles. The van der Waals surface area contributed by atoms with Gasteiger partial charge in [-0.05, 0) is 23.8 Å². The van der Waals surface area contributed by atoms with Crippen LogP contribution in [0.15, 0.2) is 41.5 Å². The molecule has 1 N–H and O–H groups in total. The first-order valence-corrected chi connectivity index (χ1v) is 6.50. The van der Waals surface area contributed by atoms with Crippen LogP contribution in [0.3, 0.4) is 0 Å². The molecule has 0 unspecified atom stereocenters. The summed E-state index contributed by atoms with van der Waals surface area (Å²) in [7, 11) is 0. The number of nitro groups is 1. The van der Waals surface area contributed by atoms with Crippen molar-refractivity contribution < 1.29 is 9.31 Å². The third-order valence-corrected chi connectivity index (χ3v) is 3.13. The zero-order chi connectivity index (χ0) is 16.4. The Morgan fingerprint density at radius 2 is 2.09 bits per heavy atom. The van der Waals surface area contributed by atoms with Crippen molar-refractivity contribution in [3.8, 4) is 0 Å². The molecule has 3 aromatic rings. The van der Waals surface area contributed by atoms with E-state index < -0.39 is 16.4 Å². The van der Waals surface area contributed by atoms with Crippen LogP contribution in [-0.2, 0) is 0 Å². The maximum Gasteiger partial charge on any atom is 0.305 e. The van der Waals surface area contributed by atoms with E-state index in [0.29, 0.717) is 16.5 Å². The number of aromatic nitrogens is 3. The molecule has 3 rings (SSSR count). The quantitative estimate of drug-likeness (QED) is 0.591. The minimum Gasteiger partial charge on any atom is -0.306 e. The summed E-state index contributed by atoms with van der Waals surface area (Å²) < 4.78 is 13.3. The Hall–Kier alpha value is -3.42. The summed E-state index contributed by atoms with van der Waals surface area (Å²) in [4.78, 5) is 32.5. The van der Waals surface area contributed by atoms with Crippen LogP contribution >= 0.6 is 0 Å². The molecule has 2 heterocycles. The second-order valence-corrected chi connectivity index (χ2v) is 4.65. The van der Waals surface area contributed by atoms with E-state index in [4.69, 9.17) is 0 Å². The number of rotatable bonds is 3. The van der Waals surface area contributed by atoms with Gasteiger partial charge >= 0.3 is 5.69 Å². The topological polar surface area (TPSA) is 102 Å². The largest absolute Gasteiger partial charge is 0.306 e. The van der Waals surface area contributed by atoms with Gasteiger partial charge in [0.05, 0.1) is 22.0 Å². The van der Waals surface area contributed by atoms with Gasteiger partial charge in [0.25, 0.3) is 5.56 Å². The molecule has 0 aliphatic rings. The highest BCUT2D eigenvalue weighted by molar-refractivity contribution is 5.78. The molecule has 2 aromatic heterocycles. The lowest BCUT2D eigenvalue weighted by molar-refractivity contribution is -0.387. The monoisotopic (exact) mass is 312 g/mol. The minimum atomic E-state index is -0.907. The number of nitrogens with zero attached hydrogens (tertiary/aromatic N) is 3. The summed E-state index contributed by atoms with van der Waals surface area (Å²) in [6.07, 6.45) is 5.93. The molecule has 0 amide bonds. The second kappa shape index (κ2) is 5.76. The fourth-order valence-corrected chi connectivity index (χ4v) is 2.04. The van der Waals surface area contributed by atoms with Gasteiger partial charge in [0.2, 0.25) is 5.82 Å². The van der Waals surface area contributed by atoms with E-state index in [9.17, 15) is 19.3 Å². The number of hydrogen-bond donors (Lipinski definition) is 1. The van der Waals surface area contributed by atoms with Crippen molar-refractivity contribution in [2.75, 3.05) is 0 Å². The molecule has 8 heteroatoms. The van der Waals surface area contributed by atoms with Crippen molar-refractivity contribution in [2.45, 2.75) is 0 Å². The van der Waals surface area contributed by atoms with Gasteiger partial charge in [-0.25, -0.2) is 4.98 Å². The molecule has 114 valence electrons. The Bertz CT molecular complexity index is 997. The second-order valence-electron chi connectivity index (χ2n) is 4.65. The van der Waals surface area contributed by atoms with Gasteiger partial charge in [-0.15, -0.1) is 0 Å². The van der Waals surface area contributed by atoms with Crippen LogP contribution in [-0.4, -0.2) is 19.9 Å². The summed E-state index contributed by atoms with van der Waals surface area (Å²) in [6.45, 7) is 0. The van der Waals surface area contributed by atoms with Crippen molar-refractivity contribution in [1.29, 1.82) is 0 Å². The Morgan fingerprint density at radius 1 is 1.26 bits per heavy atom. The molecule has 0 bridgehead atoms. The SMILES string of the molecule is O=c1[nH]c(/C=C/c2ccc(F)c([N+](=O)[O-])c2)nc2cnccc12. The molecule has 0 atom stereocenters. The molecular formula is C15H9FN4O3. The summed E-state index contributed by atoms with van der Waals surface area (Å²) in [5.74, 6) is -0.641. The van der Waals surface area contributed by atoms with Crippen LogP contribution in [0, 0.1) is 15.9 Å². The number of halogens is 1. The van der Waals surface area contributed by atoms with E-state index in [1.807, 2.05) is 0 Å². The molecule has 7 nitrogen and oxygen atoms in total. The van der Waals surface area contributed by atoms with Gasteiger partial charge in [0.1, 0.15) is 5.82 Å². The zero-order valence-electron chi connectivity index (χ0n) is 11.6. The van der Waals surface area contributed by atoms with E-state index >= 15 is 0 Å². The fourth-order valence-electron chi connectivity index (χ4n) is 2.04. The number of aromatic amines is 1. The first-order chi connectivity index (χ1) is 11.0. The van der Waals surface area contributed by atoms with Crippen LogP contribution in [0.5, 0.6) is 0 Å². The molecule has 0 saturated carbocycles. The molecule has 0 saturated heterocycles. The van der Waals surface area contributed by atoms with Crippen LogP contribution in [0.4, 0.5) is 10.1 Å². The highest BCUT2D eigenvalue weighted by Gasteiger charge is 2.13. The molecule has 0 aliphatic carbocycles. The van der Waals surface area contributed by atoms with E-state index in [2.05, 4.69) is 15.0 Å². The fraction of sp³-hybridized carbons (Fsp3) is 0. The summed E-state index contributed by atoms with van der Waals surface area (Å²) in [5.41, 5.74) is -0.0912. The normalized spacial score (nSPS) is 11.2. The Kier molecular flexibility index (Phi) is 3.63. The number of fused-ring (bicyclic) bond motifs is 1. The van der Waals surface area contributed by atoms with Crippen LogP contribution in [0.25, 0.3) is 23.1 Å². The number of nitrogens with one attached hydrogen (secondary N) is 1. The number of H-pyrrole nitrogens is 1. The standard InChI is InChI=1S/C15H9FN4O3/c16-11-3-1-9(7-13(11)20(22)23)2-4-14-18-12-8-17-6-5-10(12)15(21)19-14/h1-8H,(H,18,19,21)/b4-2+. The van der Waals surface area contributed by atoms with Crippen LogP contribution in [0.1, 0.15) is 11.4 Å². The smallest absolute Gasteiger partial charge is 0.305 e. The lowest BCUT2D eigenvalue weighted by Crippen LogP contribution is -2.09. The summed E-state index contributed by atoms with van der Waals surface area (Å²) in [6, 6.07) is 5.06. The van der Waals surface area contributed by atoms with E-state index in [1.54, 1.807) is 6.07 Å². The number of hydrogen-bond acceptors (Lipinski definition) is 5. The van der Waals surface area contributed by atoms with Gasteiger partial charge in [-0.1, -0.05) is 12.1 Å². The minimum absolute atomic E-state index is 0.266. The van der Waals surface area contributed by atoms with E-state index in [-0.39, 0.29) is 11.4 Å². The zero-order valence-corrected chi connectivity index (χ0v) is 11.6. The molecule has 0 fully saturated rings. The maximum absolute atomic E-state index is 13.3. The predicted octanol–water partition coefficient (Wildman–Crippen LogP) is 2.54. The lowest BCUT2D eigenvalue weighted by atomic mass is 10.2. The lowest BCUT2D eigenvalue weighted by Gasteiger charge is -1.99. The van der Waals surface area contributed by atoms with Crippen LogP contribution < -0.4 is 5.56 Å². The Labute approximate surface area is 128 Å². The van der Waals surface area contributed by atoms with Crippen molar-refractivity contribution >= 4 is 28.7 Å². The molecule has 0 radical (unpaired) electrons. The summed E-state index contributed by atoms with van der Waals surface area (Å²) in [5, 5.41) is 11.1. The predicted molar refractivity (Wildman–Crippen MR) is 82.1 cm³/mol. The maximum atomic E-state index is 13.3. The first-order valence-electron chi connectivity index (χ1n) is 6.50. The van der Waals surface area contributed by atoms with Crippen LogP contribution in [0.2, 0.25) is 0 Å². The third kappa shape index (κ3) is 2.95. The third-order valence-electron chi connectivity index (χ3n) is 3.13. The van der Waals surface area contributed by atoms with Gasteiger partial charge in [0, 0.05) is 12.3 Å². The van der Waals surface area contributed by atoms with Gasteiger partial charge in [-0.2, -0.15) is 4.39 Å². The van der Waals surface area contributed by atoms with Gasteiger partial charge in [0.15, 0.2) is 0 Å². The van der Waals surface area contributed by atoms with Gasteiger partial charge < -0.3 is 4.98 Å². The molecule has 23 heavy (non-hydrogen) atoms. The molecule has 0 aliphatic heterocycles. The van der Waals surface area contributed by atoms with E-state index in [1.165, 1.54) is 30.6 Å². The van der Waals surface area contributed by atoms with E-state index in [0.717, 1.165) is 12.1 Å². The highest BCUT2D eigenvalue weighted by Crippen LogP contribution is 2.19. The average Bonchev–Trinajstić information content (AvgIpc) is 2.54. The average molecular weight is 312 g/mol. The van der Waals surface area contributed by atoms with Crippen molar-refractivity contribution in [3.05, 3.63) is 74.3 Å². The van der Waals surface area contributed by atoms with Crippen molar-refractivity contribution in [2.24, 2.45) is 0 Å². The van der Waals surface area contributed by atoms with Crippen molar-refractivity contribution in [1.82, 2.24) is 15.0 Å².